The van der Waals surface area contributed by atoms with E-state index in [-0.39, 0.29) is 12.5 Å². The summed E-state index contributed by atoms with van der Waals surface area (Å²) < 4.78 is 21.3. The van der Waals surface area contributed by atoms with Crippen molar-refractivity contribution < 1.29 is 23.7 Å². The van der Waals surface area contributed by atoms with Gasteiger partial charge >= 0.3 is 0 Å². The van der Waals surface area contributed by atoms with Gasteiger partial charge in [-0.3, -0.25) is 4.79 Å². The molecule has 0 aliphatic heterocycles. The topological polar surface area (TPSA) is 90.9 Å². The highest BCUT2D eigenvalue weighted by atomic mass is 32.1. The molecular formula is C18H25N3O5S. The molecule has 0 spiro atoms. The number of anilines is 2. The van der Waals surface area contributed by atoms with Crippen LogP contribution in [0, 0.1) is 0 Å². The van der Waals surface area contributed by atoms with Crippen LogP contribution in [-0.2, 0) is 9.47 Å². The molecule has 0 fully saturated rings. The highest BCUT2D eigenvalue weighted by Crippen LogP contribution is 2.31. The van der Waals surface area contributed by atoms with Crippen LogP contribution in [0.25, 0.3) is 0 Å². The summed E-state index contributed by atoms with van der Waals surface area (Å²) in [5.74, 6) is 0.964. The van der Waals surface area contributed by atoms with Crippen molar-refractivity contribution >= 4 is 28.1 Å². The Bertz CT molecular complexity index is 732. The molecule has 1 heterocycles. The Morgan fingerprint density at radius 3 is 2.48 bits per heavy atom. The fraction of sp³-hybridized carbons (Fsp3) is 0.444. The normalized spacial score (nSPS) is 10.7. The molecule has 0 bridgehead atoms. The molecule has 1 aromatic heterocycles. The molecule has 0 aliphatic carbocycles. The molecule has 0 radical (unpaired) electrons. The van der Waals surface area contributed by atoms with E-state index in [1.54, 1.807) is 31.7 Å². The van der Waals surface area contributed by atoms with Crippen LogP contribution in [0.3, 0.4) is 0 Å². The largest absolute Gasteiger partial charge is 0.493 e. The Balaban J connectivity index is 1.96. The number of ether oxygens (including phenoxy) is 4. The lowest BCUT2D eigenvalue weighted by Crippen LogP contribution is -2.35. The molecule has 148 valence electrons. The maximum atomic E-state index is 12.3. The second kappa shape index (κ2) is 10.7. The molecule has 0 unspecified atom stereocenters. The second-order valence-corrected chi connectivity index (χ2v) is 6.14. The summed E-state index contributed by atoms with van der Waals surface area (Å²) in [4.78, 5) is 16.6. The third-order valence-corrected chi connectivity index (χ3v) is 4.26. The number of hydrogen-bond acceptors (Lipinski definition) is 8. The highest BCUT2D eigenvalue weighted by Gasteiger charge is 2.14. The van der Waals surface area contributed by atoms with Gasteiger partial charge in [-0.05, 0) is 26.0 Å². The number of aromatic nitrogens is 1. The van der Waals surface area contributed by atoms with Crippen molar-refractivity contribution in [1.82, 2.24) is 10.3 Å². The van der Waals surface area contributed by atoms with Gasteiger partial charge in [-0.1, -0.05) is 0 Å². The molecule has 1 amide bonds. The SMILES string of the molecule is CCOC(CNC(=O)c1csc(Nc2ccc(OC)c(OC)c2)n1)OCC. The van der Waals surface area contributed by atoms with Gasteiger partial charge in [-0.2, -0.15) is 0 Å². The van der Waals surface area contributed by atoms with Crippen molar-refractivity contribution in [3.8, 4) is 11.5 Å². The van der Waals surface area contributed by atoms with E-state index in [0.29, 0.717) is 35.5 Å². The first kappa shape index (κ1) is 20.9. The second-order valence-electron chi connectivity index (χ2n) is 5.28. The number of methoxy groups -OCH3 is 2. The van der Waals surface area contributed by atoms with E-state index < -0.39 is 6.29 Å². The molecule has 0 atom stereocenters. The molecule has 27 heavy (non-hydrogen) atoms. The van der Waals surface area contributed by atoms with E-state index in [4.69, 9.17) is 18.9 Å². The fourth-order valence-corrected chi connectivity index (χ4v) is 2.99. The van der Waals surface area contributed by atoms with Gasteiger partial charge in [0.15, 0.2) is 22.9 Å². The third-order valence-electron chi connectivity index (χ3n) is 3.51. The first-order valence-electron chi connectivity index (χ1n) is 8.57. The Kier molecular flexibility index (Phi) is 8.31. The number of carbonyl (C=O) groups is 1. The first-order chi connectivity index (χ1) is 13.1. The van der Waals surface area contributed by atoms with Crippen LogP contribution in [0.1, 0.15) is 24.3 Å². The van der Waals surface area contributed by atoms with Crippen LogP contribution in [0.4, 0.5) is 10.8 Å². The lowest BCUT2D eigenvalue weighted by atomic mass is 10.3. The van der Waals surface area contributed by atoms with Gasteiger partial charge in [-0.25, -0.2) is 4.98 Å². The molecular weight excluding hydrogens is 370 g/mol. The number of nitrogens with zero attached hydrogens (tertiary/aromatic N) is 1. The van der Waals surface area contributed by atoms with Gasteiger partial charge in [0, 0.05) is 30.3 Å². The van der Waals surface area contributed by atoms with Crippen LogP contribution < -0.4 is 20.1 Å². The van der Waals surface area contributed by atoms with Crippen LogP contribution >= 0.6 is 11.3 Å². The highest BCUT2D eigenvalue weighted by molar-refractivity contribution is 7.14. The van der Waals surface area contributed by atoms with Crippen molar-refractivity contribution in [1.29, 1.82) is 0 Å². The minimum Gasteiger partial charge on any atom is -0.493 e. The van der Waals surface area contributed by atoms with Gasteiger partial charge in [0.25, 0.3) is 5.91 Å². The zero-order valence-corrected chi connectivity index (χ0v) is 16.7. The molecule has 1 aromatic carbocycles. The van der Waals surface area contributed by atoms with Crippen molar-refractivity contribution in [2.75, 3.05) is 39.3 Å². The van der Waals surface area contributed by atoms with Gasteiger partial charge in [-0.15, -0.1) is 11.3 Å². The van der Waals surface area contributed by atoms with Gasteiger partial charge in [0.1, 0.15) is 5.69 Å². The van der Waals surface area contributed by atoms with E-state index in [2.05, 4.69) is 15.6 Å². The number of benzene rings is 1. The Morgan fingerprint density at radius 1 is 1.15 bits per heavy atom. The van der Waals surface area contributed by atoms with Gasteiger partial charge < -0.3 is 29.6 Å². The Labute approximate surface area is 162 Å². The zero-order chi connectivity index (χ0) is 19.6. The third kappa shape index (κ3) is 6.09. The van der Waals surface area contributed by atoms with Crippen LogP contribution in [0.5, 0.6) is 11.5 Å². The number of hydrogen-bond donors (Lipinski definition) is 2. The number of nitrogens with one attached hydrogen (secondary N) is 2. The predicted molar refractivity (Wildman–Crippen MR) is 104 cm³/mol. The Morgan fingerprint density at radius 2 is 1.85 bits per heavy atom. The molecule has 0 aliphatic rings. The van der Waals surface area contributed by atoms with E-state index in [0.717, 1.165) is 5.69 Å². The smallest absolute Gasteiger partial charge is 0.271 e. The van der Waals surface area contributed by atoms with Crippen LogP contribution in [0.2, 0.25) is 0 Å². The summed E-state index contributed by atoms with van der Waals surface area (Å²) in [5.41, 5.74) is 1.11. The average molecular weight is 395 g/mol. The summed E-state index contributed by atoms with van der Waals surface area (Å²) >= 11 is 1.33. The van der Waals surface area contributed by atoms with Crippen molar-refractivity contribution in [3.05, 3.63) is 29.3 Å². The summed E-state index contributed by atoms with van der Waals surface area (Å²) in [6.45, 7) is 5.03. The molecule has 2 N–H and O–H groups in total. The molecule has 2 aromatic rings. The van der Waals surface area contributed by atoms with Crippen molar-refractivity contribution in [2.45, 2.75) is 20.1 Å². The van der Waals surface area contributed by atoms with Crippen molar-refractivity contribution in [2.24, 2.45) is 0 Å². The summed E-state index contributed by atoms with van der Waals surface area (Å²) in [5, 5.41) is 8.21. The fourth-order valence-electron chi connectivity index (χ4n) is 2.28. The first-order valence-corrected chi connectivity index (χ1v) is 9.45. The quantitative estimate of drug-likeness (QED) is 0.565. The maximum absolute atomic E-state index is 12.3. The summed E-state index contributed by atoms with van der Waals surface area (Å²) in [6.07, 6.45) is -0.466. The lowest BCUT2D eigenvalue weighted by molar-refractivity contribution is -0.131. The molecule has 2 rings (SSSR count). The summed E-state index contributed by atoms with van der Waals surface area (Å²) in [6, 6.07) is 5.44. The minimum absolute atomic E-state index is 0.260. The van der Waals surface area contributed by atoms with E-state index in [1.165, 1.54) is 11.3 Å². The number of carbonyl (C=O) groups excluding carboxylic acids is 1. The van der Waals surface area contributed by atoms with Crippen molar-refractivity contribution in [3.63, 3.8) is 0 Å². The monoisotopic (exact) mass is 395 g/mol. The van der Waals surface area contributed by atoms with Crippen LogP contribution in [0.15, 0.2) is 23.6 Å². The summed E-state index contributed by atoms with van der Waals surface area (Å²) in [7, 11) is 3.16. The molecule has 8 nitrogen and oxygen atoms in total. The average Bonchev–Trinajstić information content (AvgIpc) is 3.14. The van der Waals surface area contributed by atoms with Gasteiger partial charge in [0.05, 0.1) is 20.8 Å². The predicted octanol–water partition coefficient (Wildman–Crippen LogP) is 3.03. The lowest BCUT2D eigenvalue weighted by Gasteiger charge is -2.16. The van der Waals surface area contributed by atoms with E-state index in [9.17, 15) is 4.79 Å². The van der Waals surface area contributed by atoms with E-state index >= 15 is 0 Å². The number of rotatable bonds is 11. The van der Waals surface area contributed by atoms with Crippen LogP contribution in [-0.4, -0.2) is 51.2 Å². The Hall–Kier alpha value is -2.36. The zero-order valence-electron chi connectivity index (χ0n) is 15.9. The maximum Gasteiger partial charge on any atom is 0.271 e. The molecule has 9 heteroatoms. The molecule has 0 saturated heterocycles. The standard InChI is InChI=1S/C18H25N3O5S/c1-5-25-16(26-6-2)10-19-17(22)13-11-27-18(21-13)20-12-7-8-14(23-3)15(9-12)24-4/h7-9,11,16H,5-6,10H2,1-4H3,(H,19,22)(H,20,21). The number of amides is 1. The number of thiazole rings is 1. The van der Waals surface area contributed by atoms with Gasteiger partial charge in [0.2, 0.25) is 0 Å². The minimum atomic E-state index is -0.466. The van der Waals surface area contributed by atoms with E-state index in [1.807, 2.05) is 19.9 Å². The molecule has 0 saturated carbocycles.